The van der Waals surface area contributed by atoms with Crippen LogP contribution in [0.2, 0.25) is 0 Å². The van der Waals surface area contributed by atoms with Crippen molar-refractivity contribution in [2.75, 3.05) is 12.4 Å². The molecule has 1 aromatic carbocycles. The summed E-state index contributed by atoms with van der Waals surface area (Å²) in [6.07, 6.45) is -0.0707. The van der Waals surface area contributed by atoms with Gasteiger partial charge in [-0.1, -0.05) is 0 Å². The smallest absolute Gasteiger partial charge is 0.318 e. The predicted octanol–water partition coefficient (Wildman–Crippen LogP) is 1.21. The van der Waals surface area contributed by atoms with Crippen LogP contribution in [0.1, 0.15) is 27.1 Å². The Bertz CT molecular complexity index is 494. The highest BCUT2D eigenvalue weighted by Crippen LogP contribution is 2.24. The molecule has 0 heterocycles. The third kappa shape index (κ3) is 1.67. The molecule has 0 saturated carbocycles. The molecule has 2 amide bonds. The molecular formula is C11H10N2O3. The molecule has 2 N–H and O–H groups in total. The number of hydrogen-bond acceptors (Lipinski definition) is 3. The summed E-state index contributed by atoms with van der Waals surface area (Å²) in [6, 6.07) is 4.33. The highest BCUT2D eigenvalue weighted by molar-refractivity contribution is 6.24. The van der Waals surface area contributed by atoms with Crippen molar-refractivity contribution in [3.8, 4) is 0 Å². The Kier molecular flexibility index (Phi) is 2.44. The van der Waals surface area contributed by atoms with Crippen molar-refractivity contribution in [1.29, 1.82) is 0 Å². The van der Waals surface area contributed by atoms with Gasteiger partial charge in [-0.2, -0.15) is 0 Å². The van der Waals surface area contributed by atoms with Gasteiger partial charge in [-0.25, -0.2) is 4.79 Å². The van der Waals surface area contributed by atoms with E-state index in [1.165, 1.54) is 13.1 Å². The molecular weight excluding hydrogens is 208 g/mol. The average Bonchev–Trinajstić information content (AvgIpc) is 2.54. The number of amides is 2. The van der Waals surface area contributed by atoms with E-state index < -0.39 is 0 Å². The van der Waals surface area contributed by atoms with Gasteiger partial charge in [-0.05, 0) is 18.2 Å². The van der Waals surface area contributed by atoms with E-state index in [1.807, 2.05) is 0 Å². The molecule has 0 spiro atoms. The molecule has 16 heavy (non-hydrogen) atoms. The Morgan fingerprint density at radius 1 is 1.19 bits per heavy atom. The van der Waals surface area contributed by atoms with E-state index >= 15 is 0 Å². The van der Waals surface area contributed by atoms with Crippen LogP contribution in [0.25, 0.3) is 0 Å². The lowest BCUT2D eigenvalue weighted by molar-refractivity contribution is 0.0923. The number of ketones is 2. The van der Waals surface area contributed by atoms with Crippen LogP contribution in [0.15, 0.2) is 18.2 Å². The Balaban J connectivity index is 2.33. The Labute approximate surface area is 91.8 Å². The number of carbonyl (C=O) groups is 3. The molecule has 2 rings (SSSR count). The fourth-order valence-electron chi connectivity index (χ4n) is 1.63. The zero-order valence-electron chi connectivity index (χ0n) is 8.66. The second kappa shape index (κ2) is 3.77. The maximum atomic E-state index is 11.4. The van der Waals surface area contributed by atoms with E-state index in [2.05, 4.69) is 10.6 Å². The van der Waals surface area contributed by atoms with Crippen LogP contribution in [0.5, 0.6) is 0 Å². The standard InChI is InChI=1S/C11H10N2O3/c1-12-11(16)13-6-2-3-7-8(4-6)10(15)5-9(7)14/h2-4H,5H2,1H3,(H2,12,13,16). The third-order valence-electron chi connectivity index (χ3n) is 2.43. The second-order valence-electron chi connectivity index (χ2n) is 3.49. The Morgan fingerprint density at radius 2 is 1.88 bits per heavy atom. The third-order valence-corrected chi connectivity index (χ3v) is 2.43. The van der Waals surface area contributed by atoms with Gasteiger partial charge in [-0.15, -0.1) is 0 Å². The van der Waals surface area contributed by atoms with Gasteiger partial charge in [0.1, 0.15) is 0 Å². The van der Waals surface area contributed by atoms with Crippen molar-refractivity contribution < 1.29 is 14.4 Å². The molecule has 0 saturated heterocycles. The summed E-state index contributed by atoms with van der Waals surface area (Å²) in [7, 11) is 1.50. The van der Waals surface area contributed by atoms with Gasteiger partial charge in [0.05, 0.1) is 6.42 Å². The fourth-order valence-corrected chi connectivity index (χ4v) is 1.63. The number of Topliss-reactive ketones (excluding diaryl/α,β-unsaturated/α-hetero) is 2. The molecule has 1 aliphatic rings. The van der Waals surface area contributed by atoms with Crippen LogP contribution in [-0.2, 0) is 0 Å². The van der Waals surface area contributed by atoms with Crippen LogP contribution < -0.4 is 10.6 Å². The van der Waals surface area contributed by atoms with Crippen LogP contribution in [0.4, 0.5) is 10.5 Å². The molecule has 82 valence electrons. The first-order valence-corrected chi connectivity index (χ1v) is 4.81. The van der Waals surface area contributed by atoms with Crippen molar-refractivity contribution in [2.45, 2.75) is 6.42 Å². The number of fused-ring (bicyclic) bond motifs is 1. The van der Waals surface area contributed by atoms with Gasteiger partial charge in [0.15, 0.2) is 11.6 Å². The minimum absolute atomic E-state index is 0.0707. The van der Waals surface area contributed by atoms with E-state index in [0.717, 1.165) is 0 Å². The van der Waals surface area contributed by atoms with E-state index in [-0.39, 0.29) is 24.0 Å². The molecule has 1 aromatic rings. The zero-order chi connectivity index (χ0) is 11.7. The lowest BCUT2D eigenvalue weighted by atomic mass is 10.1. The number of rotatable bonds is 1. The van der Waals surface area contributed by atoms with Gasteiger partial charge in [-0.3, -0.25) is 9.59 Å². The topological polar surface area (TPSA) is 75.3 Å². The molecule has 5 nitrogen and oxygen atoms in total. The number of hydrogen-bond donors (Lipinski definition) is 2. The van der Waals surface area contributed by atoms with Crippen molar-refractivity contribution >= 4 is 23.3 Å². The van der Waals surface area contributed by atoms with Crippen molar-refractivity contribution in [1.82, 2.24) is 5.32 Å². The van der Waals surface area contributed by atoms with Gasteiger partial charge in [0, 0.05) is 23.9 Å². The van der Waals surface area contributed by atoms with E-state index in [0.29, 0.717) is 16.8 Å². The van der Waals surface area contributed by atoms with E-state index in [9.17, 15) is 14.4 Å². The minimum atomic E-state index is -0.364. The number of benzene rings is 1. The molecule has 0 aliphatic heterocycles. The normalized spacial score (nSPS) is 13.6. The molecule has 1 aliphatic carbocycles. The zero-order valence-corrected chi connectivity index (χ0v) is 8.66. The number of nitrogens with one attached hydrogen (secondary N) is 2. The van der Waals surface area contributed by atoms with Gasteiger partial charge in [0.2, 0.25) is 0 Å². The molecule has 5 heteroatoms. The lowest BCUT2D eigenvalue weighted by Gasteiger charge is -2.05. The molecule has 0 atom stereocenters. The summed E-state index contributed by atoms with van der Waals surface area (Å²) < 4.78 is 0. The monoisotopic (exact) mass is 218 g/mol. The summed E-state index contributed by atoms with van der Waals surface area (Å²) in [4.78, 5) is 33.8. The SMILES string of the molecule is CNC(=O)Nc1ccc2c(c1)C(=O)CC2=O. The average molecular weight is 218 g/mol. The highest BCUT2D eigenvalue weighted by Gasteiger charge is 2.27. The van der Waals surface area contributed by atoms with Crippen LogP contribution in [0.3, 0.4) is 0 Å². The molecule has 0 aromatic heterocycles. The first-order chi connectivity index (χ1) is 7.61. The van der Waals surface area contributed by atoms with Gasteiger partial charge >= 0.3 is 6.03 Å². The fraction of sp³-hybridized carbons (Fsp3) is 0.182. The second-order valence-corrected chi connectivity index (χ2v) is 3.49. The molecule has 0 unspecified atom stereocenters. The first-order valence-electron chi connectivity index (χ1n) is 4.81. The Morgan fingerprint density at radius 3 is 2.56 bits per heavy atom. The van der Waals surface area contributed by atoms with Crippen LogP contribution >= 0.6 is 0 Å². The largest absolute Gasteiger partial charge is 0.341 e. The van der Waals surface area contributed by atoms with Crippen LogP contribution in [-0.4, -0.2) is 24.6 Å². The minimum Gasteiger partial charge on any atom is -0.341 e. The number of carbonyl (C=O) groups excluding carboxylic acids is 3. The molecule has 0 fully saturated rings. The van der Waals surface area contributed by atoms with E-state index in [4.69, 9.17) is 0 Å². The van der Waals surface area contributed by atoms with E-state index in [1.54, 1.807) is 12.1 Å². The van der Waals surface area contributed by atoms with Crippen molar-refractivity contribution in [3.05, 3.63) is 29.3 Å². The maximum Gasteiger partial charge on any atom is 0.318 e. The predicted molar refractivity (Wildman–Crippen MR) is 57.8 cm³/mol. The molecule has 0 radical (unpaired) electrons. The van der Waals surface area contributed by atoms with Crippen LogP contribution in [0, 0.1) is 0 Å². The molecule has 0 bridgehead atoms. The number of urea groups is 1. The maximum absolute atomic E-state index is 11.4. The summed E-state index contributed by atoms with van der Waals surface area (Å²) in [5, 5.41) is 4.94. The van der Waals surface area contributed by atoms with Gasteiger partial charge < -0.3 is 10.6 Å². The Hall–Kier alpha value is -2.17. The first kappa shape index (κ1) is 10.4. The van der Waals surface area contributed by atoms with Gasteiger partial charge in [0.25, 0.3) is 0 Å². The highest BCUT2D eigenvalue weighted by atomic mass is 16.2. The van der Waals surface area contributed by atoms with Crippen molar-refractivity contribution in [2.24, 2.45) is 0 Å². The lowest BCUT2D eigenvalue weighted by Crippen LogP contribution is -2.24. The quantitative estimate of drug-likeness (QED) is 0.695. The summed E-state index contributed by atoms with van der Waals surface area (Å²) in [6.45, 7) is 0. The van der Waals surface area contributed by atoms with Crippen molar-refractivity contribution in [3.63, 3.8) is 0 Å². The number of anilines is 1. The summed E-state index contributed by atoms with van der Waals surface area (Å²) >= 11 is 0. The summed E-state index contributed by atoms with van der Waals surface area (Å²) in [5.41, 5.74) is 1.33. The summed E-state index contributed by atoms with van der Waals surface area (Å²) in [5.74, 6) is -0.355.